The molecule has 1 saturated heterocycles. The van der Waals surface area contributed by atoms with Gasteiger partial charge in [0.2, 0.25) is 0 Å². The zero-order valence-electron chi connectivity index (χ0n) is 18.6. The van der Waals surface area contributed by atoms with E-state index in [1.165, 1.54) is 0 Å². The summed E-state index contributed by atoms with van der Waals surface area (Å²) < 4.78 is 6.61. The molecule has 166 valence electrons. The summed E-state index contributed by atoms with van der Waals surface area (Å²) in [6.45, 7) is 4.21. The number of rotatable bonds is 7. The average molecular weight is 447 g/mol. The third kappa shape index (κ3) is 5.03. The summed E-state index contributed by atoms with van der Waals surface area (Å²) in [5.41, 5.74) is 2.62. The Kier molecular flexibility index (Phi) is 6.93. The number of allylic oxidation sites excluding steroid dienone is 4. The van der Waals surface area contributed by atoms with Crippen LogP contribution in [0.4, 0.5) is 11.4 Å². The van der Waals surface area contributed by atoms with E-state index >= 15 is 0 Å². The maximum atomic E-state index is 12.8. The zero-order valence-corrected chi connectivity index (χ0v) is 19.8. The lowest BCUT2D eigenvalue weighted by atomic mass is 9.89. The van der Waals surface area contributed by atoms with E-state index in [-0.39, 0.29) is 23.8 Å². The van der Waals surface area contributed by atoms with Gasteiger partial charge in [0.25, 0.3) is 0 Å². The van der Waals surface area contributed by atoms with E-state index in [0.29, 0.717) is 6.42 Å². The molecular formula is C27H31N2O2P. The molecular weight excluding hydrogens is 415 g/mol. The fourth-order valence-corrected chi connectivity index (χ4v) is 4.79. The molecule has 0 spiro atoms. The Morgan fingerprint density at radius 3 is 2.56 bits per heavy atom. The van der Waals surface area contributed by atoms with Crippen molar-refractivity contribution in [3.05, 3.63) is 96.6 Å². The van der Waals surface area contributed by atoms with Gasteiger partial charge >= 0.3 is 0 Å². The number of nitrogens with one attached hydrogen (secondary N) is 1. The smallest absolute Gasteiger partial charge is 0.159 e. The summed E-state index contributed by atoms with van der Waals surface area (Å²) in [7, 11) is 2.48. The third-order valence-electron chi connectivity index (χ3n) is 6.09. The molecule has 5 heteroatoms. The molecule has 32 heavy (non-hydrogen) atoms. The van der Waals surface area contributed by atoms with Gasteiger partial charge in [0.15, 0.2) is 5.78 Å². The van der Waals surface area contributed by atoms with E-state index in [0.717, 1.165) is 23.4 Å². The number of carbonyl (C=O) groups is 1. The summed E-state index contributed by atoms with van der Waals surface area (Å²) in [6, 6.07) is 18.2. The number of hydrogen-bond acceptors (Lipinski definition) is 4. The third-order valence-corrected chi connectivity index (χ3v) is 6.42. The highest BCUT2D eigenvalue weighted by molar-refractivity contribution is 7.18. The minimum absolute atomic E-state index is 0.0390. The van der Waals surface area contributed by atoms with Gasteiger partial charge in [-0.05, 0) is 65.6 Å². The predicted molar refractivity (Wildman–Crippen MR) is 136 cm³/mol. The van der Waals surface area contributed by atoms with Crippen LogP contribution in [0.2, 0.25) is 0 Å². The molecule has 0 amide bonds. The summed E-state index contributed by atoms with van der Waals surface area (Å²) in [5.74, 6) is 0.358. The molecule has 1 heterocycles. The average Bonchev–Trinajstić information content (AvgIpc) is 3.09. The van der Waals surface area contributed by atoms with E-state index in [1.54, 1.807) is 6.08 Å². The maximum absolute atomic E-state index is 12.8. The van der Waals surface area contributed by atoms with Gasteiger partial charge in [-0.2, -0.15) is 0 Å². The predicted octanol–water partition coefficient (Wildman–Crippen LogP) is 5.70. The monoisotopic (exact) mass is 446 g/mol. The molecule has 0 bridgehead atoms. The molecule has 2 unspecified atom stereocenters. The fourth-order valence-electron chi connectivity index (χ4n) is 4.60. The Balaban J connectivity index is 1.58. The quantitative estimate of drug-likeness (QED) is 0.438. The van der Waals surface area contributed by atoms with Crippen molar-refractivity contribution in [3.8, 4) is 0 Å². The van der Waals surface area contributed by atoms with Crippen molar-refractivity contribution in [2.24, 2.45) is 5.92 Å². The number of carbonyl (C=O) groups excluding carboxylic acids is 1. The molecule has 2 aliphatic rings. The lowest BCUT2D eigenvalue weighted by Gasteiger charge is -2.35. The lowest BCUT2D eigenvalue weighted by Crippen LogP contribution is -2.44. The van der Waals surface area contributed by atoms with Crippen molar-refractivity contribution in [1.29, 1.82) is 0 Å². The Bertz CT molecular complexity index is 1010. The minimum atomic E-state index is -0.486. The van der Waals surface area contributed by atoms with Crippen molar-refractivity contribution < 1.29 is 9.53 Å². The minimum Gasteiger partial charge on any atom is -0.369 e. The van der Waals surface area contributed by atoms with Crippen molar-refractivity contribution in [2.75, 3.05) is 9.99 Å². The van der Waals surface area contributed by atoms with Crippen molar-refractivity contribution >= 4 is 26.5 Å². The number of para-hydroxylation sites is 1. The molecule has 1 fully saturated rings. The van der Waals surface area contributed by atoms with Gasteiger partial charge in [0.05, 0.1) is 12.1 Å². The molecule has 4 atom stereocenters. The van der Waals surface area contributed by atoms with Gasteiger partial charge in [0.1, 0.15) is 5.72 Å². The van der Waals surface area contributed by atoms with Gasteiger partial charge in [0, 0.05) is 23.7 Å². The van der Waals surface area contributed by atoms with Crippen molar-refractivity contribution in [3.63, 3.8) is 0 Å². The highest BCUT2D eigenvalue weighted by Crippen LogP contribution is 2.41. The van der Waals surface area contributed by atoms with Crippen LogP contribution < -0.4 is 9.99 Å². The van der Waals surface area contributed by atoms with Gasteiger partial charge in [-0.25, -0.2) is 0 Å². The van der Waals surface area contributed by atoms with E-state index in [1.807, 2.05) is 48.5 Å². The van der Waals surface area contributed by atoms with Crippen molar-refractivity contribution in [1.82, 2.24) is 0 Å². The second-order valence-electron chi connectivity index (χ2n) is 8.78. The van der Waals surface area contributed by atoms with Crippen LogP contribution in [0.5, 0.6) is 0 Å². The Labute approximate surface area is 193 Å². The molecule has 0 radical (unpaired) electrons. The summed E-state index contributed by atoms with van der Waals surface area (Å²) in [5, 5.41) is 3.02. The van der Waals surface area contributed by atoms with Crippen LogP contribution in [-0.2, 0) is 16.0 Å². The summed E-state index contributed by atoms with van der Waals surface area (Å²) in [6.07, 6.45) is 13.6. The number of nitrogens with zero attached hydrogens (tertiary/aromatic N) is 1. The molecule has 4 nitrogen and oxygen atoms in total. The van der Waals surface area contributed by atoms with E-state index < -0.39 is 5.72 Å². The number of benzene rings is 2. The molecule has 1 aliphatic carbocycles. The van der Waals surface area contributed by atoms with Crippen LogP contribution in [0.15, 0.2) is 91.1 Å². The second-order valence-corrected chi connectivity index (χ2v) is 9.07. The van der Waals surface area contributed by atoms with E-state index in [9.17, 15) is 4.79 Å². The fraction of sp³-hybridized carbons (Fsp3) is 0.296. The SMILES string of the molecule is CC1(C)O[C@H](C2C=CC=CC2)[C@@H](/C=C/C(=O)Cc2ccc(NP)cc2)N1c1ccccc1. The van der Waals surface area contributed by atoms with Crippen LogP contribution in [0.25, 0.3) is 0 Å². The number of ether oxygens (including phenoxy) is 1. The summed E-state index contributed by atoms with van der Waals surface area (Å²) >= 11 is 0. The molecule has 1 N–H and O–H groups in total. The van der Waals surface area contributed by atoms with Crippen LogP contribution in [-0.4, -0.2) is 23.7 Å². The van der Waals surface area contributed by atoms with Gasteiger partial charge in [-0.1, -0.05) is 60.7 Å². The highest BCUT2D eigenvalue weighted by Gasteiger charge is 2.48. The molecule has 2 aromatic rings. The Morgan fingerprint density at radius 2 is 1.91 bits per heavy atom. The summed E-state index contributed by atoms with van der Waals surface area (Å²) in [4.78, 5) is 15.1. The molecule has 2 aromatic carbocycles. The van der Waals surface area contributed by atoms with Crippen LogP contribution in [0.3, 0.4) is 0 Å². The largest absolute Gasteiger partial charge is 0.369 e. The van der Waals surface area contributed by atoms with E-state index in [2.05, 4.69) is 69.7 Å². The normalized spacial score (nSPS) is 24.2. The molecule has 4 rings (SSSR count). The standard InChI is InChI=1S/C27H31N2O2P/c1-27(2)29(23-11-7-4-8-12-23)25(26(31-27)21-9-5-3-6-10-21)18-17-24(30)19-20-13-15-22(28-32)16-14-20/h3-9,11-18,21,25-26,28H,10,19,32H2,1-2H3/b18-17+/t21?,25-,26-/m1/s1. The van der Waals surface area contributed by atoms with Gasteiger partial charge in [-0.3, -0.25) is 4.79 Å². The topological polar surface area (TPSA) is 41.6 Å². The number of anilines is 2. The van der Waals surface area contributed by atoms with E-state index in [4.69, 9.17) is 4.74 Å². The van der Waals surface area contributed by atoms with Gasteiger partial charge < -0.3 is 14.7 Å². The van der Waals surface area contributed by atoms with Crippen LogP contribution >= 0.6 is 9.39 Å². The Hall–Kier alpha value is -2.68. The van der Waals surface area contributed by atoms with Crippen molar-refractivity contribution in [2.45, 2.75) is 44.6 Å². The molecule has 0 aromatic heterocycles. The van der Waals surface area contributed by atoms with Crippen LogP contribution in [0.1, 0.15) is 25.8 Å². The van der Waals surface area contributed by atoms with Crippen LogP contribution in [0, 0.1) is 5.92 Å². The lowest BCUT2D eigenvalue weighted by molar-refractivity contribution is -0.114. The first-order valence-electron chi connectivity index (χ1n) is 11.1. The number of ketones is 1. The number of hydrogen-bond donors (Lipinski definition) is 1. The second kappa shape index (κ2) is 9.85. The first-order chi connectivity index (χ1) is 15.5. The highest BCUT2D eigenvalue weighted by atomic mass is 31.0. The van der Waals surface area contributed by atoms with Gasteiger partial charge in [-0.15, -0.1) is 0 Å². The first-order valence-corrected chi connectivity index (χ1v) is 11.7. The maximum Gasteiger partial charge on any atom is 0.159 e. The molecule has 1 aliphatic heterocycles. The Morgan fingerprint density at radius 1 is 1.16 bits per heavy atom. The first kappa shape index (κ1) is 22.5. The zero-order chi connectivity index (χ0) is 22.6. The molecule has 0 saturated carbocycles.